The van der Waals surface area contributed by atoms with E-state index in [1.165, 1.54) is 23.5 Å². The average molecular weight is 371 g/mol. The Labute approximate surface area is 131 Å². The van der Waals surface area contributed by atoms with Crippen LogP contribution < -0.4 is 11.1 Å². The Bertz CT molecular complexity index is 827. The molecule has 0 fully saturated rings. The molecular formula is C13H9BrF2N4S. The molecule has 0 saturated carbocycles. The van der Waals surface area contributed by atoms with Gasteiger partial charge in [-0.05, 0) is 25.1 Å². The van der Waals surface area contributed by atoms with Crippen molar-refractivity contribution >= 4 is 54.9 Å². The third kappa shape index (κ3) is 2.68. The maximum atomic E-state index is 13.9. The Kier molecular flexibility index (Phi) is 3.50. The van der Waals surface area contributed by atoms with Gasteiger partial charge in [0, 0.05) is 9.35 Å². The van der Waals surface area contributed by atoms with Gasteiger partial charge < -0.3 is 11.1 Å². The number of nitrogens with zero attached hydrogens (tertiary/aromatic N) is 2. The Hall–Kier alpha value is -1.80. The molecule has 3 rings (SSSR count). The summed E-state index contributed by atoms with van der Waals surface area (Å²) in [6, 6.07) is 4.19. The van der Waals surface area contributed by atoms with Crippen LogP contribution in [0.1, 0.15) is 4.88 Å². The fraction of sp³-hybridized carbons (Fsp3) is 0.0769. The van der Waals surface area contributed by atoms with E-state index in [9.17, 15) is 8.78 Å². The van der Waals surface area contributed by atoms with Crippen molar-refractivity contribution in [3.63, 3.8) is 0 Å². The first-order valence-electron chi connectivity index (χ1n) is 5.89. The lowest BCUT2D eigenvalue weighted by Crippen LogP contribution is -2.03. The predicted octanol–water partition coefficient (Wildman–Crippen LogP) is 4.37. The number of fused-ring (bicyclic) bond motifs is 1. The highest BCUT2D eigenvalue weighted by atomic mass is 79.9. The van der Waals surface area contributed by atoms with Crippen LogP contribution in [0.2, 0.25) is 0 Å². The van der Waals surface area contributed by atoms with Gasteiger partial charge in [-0.25, -0.2) is 13.8 Å². The lowest BCUT2D eigenvalue weighted by Gasteiger charge is -2.10. The maximum Gasteiger partial charge on any atom is 0.223 e. The van der Waals surface area contributed by atoms with Crippen LogP contribution in [0.15, 0.2) is 22.7 Å². The van der Waals surface area contributed by atoms with Crippen molar-refractivity contribution in [3.8, 4) is 0 Å². The number of hydrogen-bond donors (Lipinski definition) is 2. The highest BCUT2D eigenvalue weighted by molar-refractivity contribution is 9.10. The van der Waals surface area contributed by atoms with E-state index in [1.54, 1.807) is 0 Å². The average Bonchev–Trinajstić information content (AvgIpc) is 2.73. The van der Waals surface area contributed by atoms with Gasteiger partial charge in [0.2, 0.25) is 5.95 Å². The molecule has 0 amide bonds. The molecule has 3 N–H and O–H groups in total. The number of thiophene rings is 1. The van der Waals surface area contributed by atoms with Gasteiger partial charge in [0.1, 0.15) is 16.3 Å². The Morgan fingerprint density at radius 2 is 1.86 bits per heavy atom. The predicted molar refractivity (Wildman–Crippen MR) is 83.9 cm³/mol. The molecule has 2 aromatic heterocycles. The quantitative estimate of drug-likeness (QED) is 0.702. The molecule has 1 aromatic carbocycles. The van der Waals surface area contributed by atoms with Gasteiger partial charge in [0.25, 0.3) is 0 Å². The van der Waals surface area contributed by atoms with Crippen molar-refractivity contribution < 1.29 is 8.78 Å². The van der Waals surface area contributed by atoms with E-state index in [-0.39, 0.29) is 17.5 Å². The molecule has 2 heterocycles. The van der Waals surface area contributed by atoms with Gasteiger partial charge in [-0.3, -0.25) is 0 Å². The molecule has 8 heteroatoms. The summed E-state index contributed by atoms with van der Waals surface area (Å²) < 4.78 is 28.1. The molecular weight excluding hydrogens is 362 g/mol. The second-order valence-corrected chi connectivity index (χ2v) is 6.53. The molecule has 4 nitrogen and oxygen atoms in total. The molecule has 108 valence electrons. The summed E-state index contributed by atoms with van der Waals surface area (Å²) in [5, 5.41) is 3.34. The monoisotopic (exact) mass is 370 g/mol. The molecule has 0 unspecified atom stereocenters. The molecule has 0 radical (unpaired) electrons. The lowest BCUT2D eigenvalue weighted by atomic mass is 10.2. The Balaban J connectivity index is 2.14. The first kappa shape index (κ1) is 14.2. The third-order valence-electron chi connectivity index (χ3n) is 2.78. The molecule has 0 aliphatic heterocycles. The van der Waals surface area contributed by atoms with Crippen LogP contribution in [-0.2, 0) is 0 Å². The lowest BCUT2D eigenvalue weighted by molar-refractivity contribution is 0.589. The van der Waals surface area contributed by atoms with Gasteiger partial charge in [0.15, 0.2) is 11.6 Å². The van der Waals surface area contributed by atoms with Crippen molar-refractivity contribution in [2.24, 2.45) is 0 Å². The standard InChI is InChI=1S/C13H9BrF2N4S/c1-5-2-7-11(19-13(17)20-12(7)21-5)18-10-8(15)3-6(14)4-9(10)16/h2-4H,1H3,(H3,17,18,19,20). The first-order chi connectivity index (χ1) is 9.94. The van der Waals surface area contributed by atoms with Crippen molar-refractivity contribution in [1.82, 2.24) is 9.97 Å². The van der Waals surface area contributed by atoms with Crippen LogP contribution in [0, 0.1) is 18.6 Å². The minimum absolute atomic E-state index is 0.0461. The zero-order valence-corrected chi connectivity index (χ0v) is 13.1. The normalized spacial score (nSPS) is 11.0. The number of hydrogen-bond acceptors (Lipinski definition) is 5. The van der Waals surface area contributed by atoms with E-state index in [0.717, 1.165) is 4.88 Å². The summed E-state index contributed by atoms with van der Waals surface area (Å²) in [5.41, 5.74) is 5.36. The fourth-order valence-electron chi connectivity index (χ4n) is 1.93. The minimum atomic E-state index is -0.723. The van der Waals surface area contributed by atoms with Crippen LogP contribution in [-0.4, -0.2) is 9.97 Å². The molecule has 0 atom stereocenters. The van der Waals surface area contributed by atoms with Gasteiger partial charge in [0.05, 0.1) is 5.39 Å². The number of nitrogens with two attached hydrogens (primary N) is 1. The van der Waals surface area contributed by atoms with Gasteiger partial charge in [-0.15, -0.1) is 11.3 Å². The highest BCUT2D eigenvalue weighted by Crippen LogP contribution is 2.33. The molecule has 0 aliphatic rings. The molecule has 0 spiro atoms. The molecule has 0 bridgehead atoms. The van der Waals surface area contributed by atoms with Crippen molar-refractivity contribution in [2.75, 3.05) is 11.1 Å². The fourth-order valence-corrected chi connectivity index (χ4v) is 3.22. The third-order valence-corrected chi connectivity index (χ3v) is 4.19. The van der Waals surface area contributed by atoms with Crippen molar-refractivity contribution in [1.29, 1.82) is 0 Å². The van der Waals surface area contributed by atoms with Crippen LogP contribution in [0.4, 0.5) is 26.2 Å². The summed E-state index contributed by atoms with van der Waals surface area (Å²) in [6.45, 7) is 1.91. The van der Waals surface area contributed by atoms with Crippen LogP contribution >= 0.6 is 27.3 Å². The number of aromatic nitrogens is 2. The molecule has 0 aliphatic carbocycles. The van der Waals surface area contributed by atoms with Gasteiger partial charge >= 0.3 is 0 Å². The van der Waals surface area contributed by atoms with Crippen LogP contribution in [0.5, 0.6) is 0 Å². The van der Waals surface area contributed by atoms with Gasteiger partial charge in [-0.2, -0.15) is 4.98 Å². The van der Waals surface area contributed by atoms with Crippen LogP contribution in [0.25, 0.3) is 10.2 Å². The summed E-state index contributed by atoms with van der Waals surface area (Å²) in [6.07, 6.45) is 0. The number of halogens is 3. The number of rotatable bonds is 2. The van der Waals surface area contributed by atoms with Crippen molar-refractivity contribution in [3.05, 3.63) is 39.2 Å². The molecule has 3 aromatic rings. The summed E-state index contributed by atoms with van der Waals surface area (Å²) in [7, 11) is 0. The second-order valence-electron chi connectivity index (χ2n) is 4.38. The van der Waals surface area contributed by atoms with E-state index in [2.05, 4.69) is 31.2 Å². The summed E-state index contributed by atoms with van der Waals surface area (Å²) >= 11 is 4.47. The van der Waals surface area contributed by atoms with E-state index < -0.39 is 11.6 Å². The number of nitrogens with one attached hydrogen (secondary N) is 1. The van der Waals surface area contributed by atoms with Crippen molar-refractivity contribution in [2.45, 2.75) is 6.92 Å². The first-order valence-corrected chi connectivity index (χ1v) is 7.50. The zero-order chi connectivity index (χ0) is 15.1. The SMILES string of the molecule is Cc1cc2c(Nc3c(F)cc(Br)cc3F)nc(N)nc2s1. The number of anilines is 3. The smallest absolute Gasteiger partial charge is 0.223 e. The molecule has 21 heavy (non-hydrogen) atoms. The minimum Gasteiger partial charge on any atom is -0.368 e. The topological polar surface area (TPSA) is 63.8 Å². The molecule has 0 saturated heterocycles. The highest BCUT2D eigenvalue weighted by Gasteiger charge is 2.15. The van der Waals surface area contributed by atoms with E-state index in [4.69, 9.17) is 5.73 Å². The second kappa shape index (κ2) is 5.19. The van der Waals surface area contributed by atoms with E-state index >= 15 is 0 Å². The largest absolute Gasteiger partial charge is 0.368 e. The van der Waals surface area contributed by atoms with E-state index in [0.29, 0.717) is 14.7 Å². The summed E-state index contributed by atoms with van der Waals surface area (Å²) in [4.78, 5) is 9.81. The summed E-state index contributed by atoms with van der Waals surface area (Å²) in [5.74, 6) is -1.12. The Morgan fingerprint density at radius 3 is 2.52 bits per heavy atom. The number of nitrogen functional groups attached to an aromatic ring is 1. The Morgan fingerprint density at radius 1 is 1.19 bits per heavy atom. The van der Waals surface area contributed by atoms with E-state index in [1.807, 2.05) is 13.0 Å². The zero-order valence-electron chi connectivity index (χ0n) is 10.7. The van der Waals surface area contributed by atoms with Crippen LogP contribution in [0.3, 0.4) is 0 Å². The number of aryl methyl sites for hydroxylation is 1. The number of benzene rings is 1. The maximum absolute atomic E-state index is 13.9. The van der Waals surface area contributed by atoms with Gasteiger partial charge in [-0.1, -0.05) is 15.9 Å².